The van der Waals surface area contributed by atoms with Gasteiger partial charge in [0.25, 0.3) is 0 Å². The lowest BCUT2D eigenvalue weighted by Crippen LogP contribution is -2.42. The quantitative estimate of drug-likeness (QED) is 0.713. The molecule has 0 saturated carbocycles. The molecule has 1 aliphatic rings. The maximum atomic E-state index is 12.4. The van der Waals surface area contributed by atoms with Crippen LogP contribution in [0.1, 0.15) is 6.42 Å². The molecule has 1 saturated heterocycles. The molecule has 0 radical (unpaired) electrons. The van der Waals surface area contributed by atoms with Crippen molar-refractivity contribution in [2.24, 2.45) is 0 Å². The molecule has 90 valence electrons. The largest absolute Gasteiger partial charge is 0.482 e. The highest BCUT2D eigenvalue weighted by Gasteiger charge is 2.60. The average molecular weight is 235 g/mol. The van der Waals surface area contributed by atoms with Crippen molar-refractivity contribution in [3.05, 3.63) is 0 Å². The van der Waals surface area contributed by atoms with Gasteiger partial charge in [0.05, 0.1) is 12.7 Å². The third kappa shape index (κ3) is 2.99. The molecule has 0 bridgehead atoms. The molecular weight excluding hydrogens is 225 g/mol. The fraction of sp³-hybridized carbons (Fsp3) is 1.00. The number of rotatable bonds is 3. The highest BCUT2D eigenvalue weighted by atomic mass is 19.4. The van der Waals surface area contributed by atoms with Gasteiger partial charge < -0.3 is 15.2 Å². The van der Waals surface area contributed by atoms with Crippen LogP contribution in [0.4, 0.5) is 22.0 Å². The lowest BCUT2D eigenvalue weighted by Gasteiger charge is -2.22. The van der Waals surface area contributed by atoms with Crippen molar-refractivity contribution >= 4 is 0 Å². The molecular formula is C7H10F5NO2. The Balaban J connectivity index is 2.49. The fourth-order valence-corrected chi connectivity index (χ4v) is 1.29. The molecule has 0 aromatic rings. The van der Waals surface area contributed by atoms with E-state index < -0.39 is 24.4 Å². The van der Waals surface area contributed by atoms with Crippen LogP contribution in [0.5, 0.6) is 0 Å². The predicted octanol–water partition coefficient (Wildman–Crippen LogP) is 0.881. The van der Waals surface area contributed by atoms with Crippen LogP contribution in [-0.2, 0) is 4.74 Å². The van der Waals surface area contributed by atoms with E-state index in [1.54, 1.807) is 0 Å². The summed E-state index contributed by atoms with van der Waals surface area (Å²) in [6, 6.07) is -0.487. The summed E-state index contributed by atoms with van der Waals surface area (Å²) in [5.41, 5.74) is 0. The molecule has 15 heavy (non-hydrogen) atoms. The standard InChI is InChI=1S/C7H10F5NO2/c8-6(9,10)7(11,12)15-5-1-4(3-14)13-2-5/h4-5,13-14H,1-3H2. The van der Waals surface area contributed by atoms with Gasteiger partial charge in [-0.05, 0) is 6.42 Å². The van der Waals surface area contributed by atoms with Crippen LogP contribution in [0.3, 0.4) is 0 Å². The second-order valence-corrected chi connectivity index (χ2v) is 3.28. The molecule has 0 spiro atoms. The number of ether oxygens (including phenoxy) is 1. The first-order chi connectivity index (χ1) is 6.76. The van der Waals surface area contributed by atoms with Crippen molar-refractivity contribution in [1.82, 2.24) is 5.32 Å². The van der Waals surface area contributed by atoms with Crippen LogP contribution in [0, 0.1) is 0 Å². The number of hydrogen-bond donors (Lipinski definition) is 2. The van der Waals surface area contributed by atoms with Crippen LogP contribution in [0.15, 0.2) is 0 Å². The maximum Gasteiger partial charge on any atom is 0.482 e. The van der Waals surface area contributed by atoms with Gasteiger partial charge in [-0.15, -0.1) is 0 Å². The Hall–Kier alpha value is -0.470. The van der Waals surface area contributed by atoms with E-state index in [4.69, 9.17) is 5.11 Å². The minimum absolute atomic E-state index is 0.0673. The van der Waals surface area contributed by atoms with Crippen molar-refractivity contribution in [2.45, 2.75) is 30.9 Å². The van der Waals surface area contributed by atoms with E-state index in [0.717, 1.165) is 0 Å². The van der Waals surface area contributed by atoms with Crippen molar-refractivity contribution < 1.29 is 31.8 Å². The molecule has 0 aromatic carbocycles. The Bertz CT molecular complexity index is 220. The minimum Gasteiger partial charge on any atom is -0.395 e. The summed E-state index contributed by atoms with van der Waals surface area (Å²) in [6.45, 7) is -0.450. The Kier molecular flexibility index (Phi) is 3.51. The Morgan fingerprint density at radius 1 is 1.27 bits per heavy atom. The second-order valence-electron chi connectivity index (χ2n) is 3.28. The van der Waals surface area contributed by atoms with E-state index in [-0.39, 0.29) is 19.6 Å². The average Bonchev–Trinajstić information content (AvgIpc) is 2.49. The third-order valence-electron chi connectivity index (χ3n) is 2.05. The molecule has 2 N–H and O–H groups in total. The topological polar surface area (TPSA) is 41.5 Å². The summed E-state index contributed by atoms with van der Waals surface area (Å²) in [5, 5.41) is 11.2. The lowest BCUT2D eigenvalue weighted by atomic mass is 10.2. The van der Waals surface area contributed by atoms with Crippen LogP contribution in [0.25, 0.3) is 0 Å². The Morgan fingerprint density at radius 2 is 1.87 bits per heavy atom. The molecule has 1 rings (SSSR count). The number of hydrogen-bond acceptors (Lipinski definition) is 3. The van der Waals surface area contributed by atoms with Gasteiger partial charge in [-0.2, -0.15) is 22.0 Å². The number of aliphatic hydroxyl groups excluding tert-OH is 1. The number of aliphatic hydroxyl groups is 1. The molecule has 3 nitrogen and oxygen atoms in total. The fourth-order valence-electron chi connectivity index (χ4n) is 1.29. The smallest absolute Gasteiger partial charge is 0.395 e. The van der Waals surface area contributed by atoms with E-state index in [1.807, 2.05) is 0 Å². The van der Waals surface area contributed by atoms with Crippen LogP contribution < -0.4 is 5.32 Å². The van der Waals surface area contributed by atoms with Crippen molar-refractivity contribution in [2.75, 3.05) is 13.2 Å². The van der Waals surface area contributed by atoms with E-state index in [0.29, 0.717) is 0 Å². The number of alkyl halides is 5. The van der Waals surface area contributed by atoms with E-state index in [9.17, 15) is 22.0 Å². The zero-order valence-corrected chi connectivity index (χ0v) is 7.52. The van der Waals surface area contributed by atoms with Gasteiger partial charge >= 0.3 is 12.3 Å². The highest BCUT2D eigenvalue weighted by Crippen LogP contribution is 2.38. The van der Waals surface area contributed by atoms with E-state index in [1.165, 1.54) is 0 Å². The summed E-state index contributed by atoms with van der Waals surface area (Å²) < 4.78 is 63.6. The van der Waals surface area contributed by atoms with E-state index in [2.05, 4.69) is 10.1 Å². The molecule has 2 unspecified atom stereocenters. The molecule has 0 amide bonds. The van der Waals surface area contributed by atoms with Gasteiger partial charge in [-0.25, -0.2) is 0 Å². The summed E-state index contributed by atoms with van der Waals surface area (Å²) in [4.78, 5) is 0. The summed E-state index contributed by atoms with van der Waals surface area (Å²) in [6.07, 6.45) is -12.1. The van der Waals surface area contributed by atoms with Gasteiger partial charge in [-0.1, -0.05) is 0 Å². The highest BCUT2D eigenvalue weighted by molar-refractivity contribution is 4.83. The first-order valence-electron chi connectivity index (χ1n) is 4.23. The van der Waals surface area contributed by atoms with Gasteiger partial charge in [0.2, 0.25) is 0 Å². The second kappa shape index (κ2) is 4.18. The van der Waals surface area contributed by atoms with Crippen molar-refractivity contribution in [1.29, 1.82) is 0 Å². The van der Waals surface area contributed by atoms with Crippen LogP contribution >= 0.6 is 0 Å². The maximum absolute atomic E-state index is 12.4. The number of nitrogens with one attached hydrogen (secondary N) is 1. The van der Waals surface area contributed by atoms with Crippen LogP contribution in [0.2, 0.25) is 0 Å². The molecule has 1 heterocycles. The number of halogens is 5. The Morgan fingerprint density at radius 3 is 2.27 bits per heavy atom. The Labute approximate surface area is 82.2 Å². The predicted molar refractivity (Wildman–Crippen MR) is 39.4 cm³/mol. The van der Waals surface area contributed by atoms with Gasteiger partial charge in [0.15, 0.2) is 0 Å². The SMILES string of the molecule is OCC1CC(OC(F)(F)C(F)(F)F)CN1. The zero-order chi connectivity index (χ0) is 11.7. The zero-order valence-electron chi connectivity index (χ0n) is 7.52. The van der Waals surface area contributed by atoms with Crippen molar-refractivity contribution in [3.63, 3.8) is 0 Å². The molecule has 0 aliphatic carbocycles. The monoisotopic (exact) mass is 235 g/mol. The van der Waals surface area contributed by atoms with Gasteiger partial charge in [-0.3, -0.25) is 0 Å². The first kappa shape index (κ1) is 12.6. The molecule has 1 aliphatic heterocycles. The normalized spacial score (nSPS) is 28.4. The molecule has 2 atom stereocenters. The summed E-state index contributed by atoms with van der Waals surface area (Å²) >= 11 is 0. The van der Waals surface area contributed by atoms with Crippen molar-refractivity contribution in [3.8, 4) is 0 Å². The molecule has 8 heteroatoms. The van der Waals surface area contributed by atoms with Gasteiger partial charge in [0.1, 0.15) is 0 Å². The minimum atomic E-state index is -5.70. The molecule has 0 aromatic heterocycles. The summed E-state index contributed by atoms with van der Waals surface area (Å²) in [5.74, 6) is 0. The van der Waals surface area contributed by atoms with Gasteiger partial charge in [0, 0.05) is 12.6 Å². The van der Waals surface area contributed by atoms with Crippen LogP contribution in [-0.4, -0.2) is 42.7 Å². The molecule has 1 fully saturated rings. The third-order valence-corrected chi connectivity index (χ3v) is 2.05. The lowest BCUT2D eigenvalue weighted by molar-refractivity contribution is -0.400. The van der Waals surface area contributed by atoms with E-state index >= 15 is 0 Å². The first-order valence-corrected chi connectivity index (χ1v) is 4.23. The summed E-state index contributed by atoms with van der Waals surface area (Å²) in [7, 11) is 0.